The van der Waals surface area contributed by atoms with Crippen molar-refractivity contribution >= 4 is 37.5 Å². The molecule has 166 valence electrons. The van der Waals surface area contributed by atoms with Gasteiger partial charge in [0.25, 0.3) is 5.91 Å². The summed E-state index contributed by atoms with van der Waals surface area (Å²) in [5.74, 6) is 0.353. The van der Waals surface area contributed by atoms with Gasteiger partial charge < -0.3 is 9.30 Å². The molecule has 0 atom stereocenters. The van der Waals surface area contributed by atoms with E-state index in [1.807, 2.05) is 43.7 Å². The summed E-state index contributed by atoms with van der Waals surface area (Å²) in [6.45, 7) is 4.98. The molecule has 0 fully saturated rings. The number of aromatic nitrogens is 1. The zero-order valence-corrected chi connectivity index (χ0v) is 19.8. The first-order valence-electron chi connectivity index (χ1n) is 10.2. The normalized spacial score (nSPS) is 12.6. The molecule has 0 aliphatic carbocycles. The Hall–Kier alpha value is -2.49. The zero-order chi connectivity index (χ0) is 22.6. The van der Waals surface area contributed by atoms with Crippen molar-refractivity contribution in [1.29, 1.82) is 0 Å². The third-order valence-electron chi connectivity index (χ3n) is 4.93. The standard InChI is InChI=1S/C22H27N3O4S2/c1-5-7-14-24(3)31(27,28)18-11-8-16(9-12-18)21(26)23-22-25(4)19-13-10-17(29-6-2)15-20(19)30-22/h8-13,15H,5-7,14H2,1-4H3. The van der Waals surface area contributed by atoms with Gasteiger partial charge in [-0.25, -0.2) is 12.7 Å². The Morgan fingerprint density at radius 1 is 1.16 bits per heavy atom. The first kappa shape index (κ1) is 23.2. The van der Waals surface area contributed by atoms with Crippen molar-refractivity contribution in [2.75, 3.05) is 20.2 Å². The molecule has 0 unspecified atom stereocenters. The van der Waals surface area contributed by atoms with Gasteiger partial charge in [-0.2, -0.15) is 4.99 Å². The number of hydrogen-bond donors (Lipinski definition) is 0. The van der Waals surface area contributed by atoms with Crippen molar-refractivity contribution in [3.63, 3.8) is 0 Å². The number of fused-ring (bicyclic) bond motifs is 1. The Morgan fingerprint density at radius 2 is 1.87 bits per heavy atom. The molecule has 3 rings (SSSR count). The number of thiazole rings is 1. The van der Waals surface area contributed by atoms with Crippen LogP contribution < -0.4 is 9.54 Å². The molecular formula is C22H27N3O4S2. The topological polar surface area (TPSA) is 81.0 Å². The number of carbonyl (C=O) groups excluding carboxylic acids is 1. The van der Waals surface area contributed by atoms with E-state index < -0.39 is 15.9 Å². The summed E-state index contributed by atoms with van der Waals surface area (Å²) in [6, 6.07) is 11.7. The predicted molar refractivity (Wildman–Crippen MR) is 123 cm³/mol. The summed E-state index contributed by atoms with van der Waals surface area (Å²) in [7, 11) is -0.146. The van der Waals surface area contributed by atoms with Crippen LogP contribution in [-0.4, -0.2) is 43.4 Å². The van der Waals surface area contributed by atoms with Crippen molar-refractivity contribution in [1.82, 2.24) is 8.87 Å². The third-order valence-corrected chi connectivity index (χ3v) is 7.89. The van der Waals surface area contributed by atoms with Crippen molar-refractivity contribution in [2.24, 2.45) is 12.0 Å². The van der Waals surface area contributed by atoms with Crippen molar-refractivity contribution < 1.29 is 17.9 Å². The minimum absolute atomic E-state index is 0.165. The van der Waals surface area contributed by atoms with E-state index >= 15 is 0 Å². The Bertz CT molecular complexity index is 1240. The van der Waals surface area contributed by atoms with Gasteiger partial charge in [-0.3, -0.25) is 4.79 Å². The van der Waals surface area contributed by atoms with Crippen LogP contribution >= 0.6 is 11.3 Å². The van der Waals surface area contributed by atoms with Gasteiger partial charge in [-0.05, 0) is 55.8 Å². The lowest BCUT2D eigenvalue weighted by Crippen LogP contribution is -2.27. The molecule has 0 aliphatic rings. The van der Waals surface area contributed by atoms with E-state index in [-0.39, 0.29) is 4.90 Å². The molecule has 1 heterocycles. The van der Waals surface area contributed by atoms with Crippen LogP contribution in [0.3, 0.4) is 0 Å². The first-order valence-corrected chi connectivity index (χ1v) is 12.4. The largest absolute Gasteiger partial charge is 0.494 e. The van der Waals surface area contributed by atoms with Gasteiger partial charge in [-0.1, -0.05) is 24.7 Å². The number of ether oxygens (including phenoxy) is 1. The second kappa shape index (κ2) is 9.76. The average molecular weight is 462 g/mol. The molecule has 0 spiro atoms. The maximum Gasteiger partial charge on any atom is 0.279 e. The van der Waals surface area contributed by atoms with E-state index in [4.69, 9.17) is 4.74 Å². The number of sulfonamides is 1. The van der Waals surface area contributed by atoms with Crippen LogP contribution in [0.15, 0.2) is 52.4 Å². The maximum absolute atomic E-state index is 12.7. The van der Waals surface area contributed by atoms with E-state index in [9.17, 15) is 13.2 Å². The summed E-state index contributed by atoms with van der Waals surface area (Å²) < 4.78 is 35.0. The second-order valence-electron chi connectivity index (χ2n) is 7.13. The smallest absolute Gasteiger partial charge is 0.279 e. The molecule has 0 saturated carbocycles. The quantitative estimate of drug-likeness (QED) is 0.511. The van der Waals surface area contributed by atoms with Crippen LogP contribution in [-0.2, 0) is 17.1 Å². The molecule has 2 aromatic carbocycles. The molecule has 0 aliphatic heterocycles. The fourth-order valence-corrected chi connectivity index (χ4v) is 5.33. The predicted octanol–water partition coefficient (Wildman–Crippen LogP) is 3.80. The molecular weight excluding hydrogens is 434 g/mol. The summed E-state index contributed by atoms with van der Waals surface area (Å²) in [4.78, 5) is 17.7. The highest BCUT2D eigenvalue weighted by atomic mass is 32.2. The van der Waals surface area contributed by atoms with Gasteiger partial charge in [0.1, 0.15) is 5.75 Å². The number of aryl methyl sites for hydroxylation is 1. The van der Waals surface area contributed by atoms with Gasteiger partial charge in [0, 0.05) is 26.2 Å². The van der Waals surface area contributed by atoms with Gasteiger partial charge >= 0.3 is 0 Å². The summed E-state index contributed by atoms with van der Waals surface area (Å²) in [5, 5.41) is 0. The first-order chi connectivity index (χ1) is 14.8. The zero-order valence-electron chi connectivity index (χ0n) is 18.2. The molecule has 0 radical (unpaired) electrons. The molecule has 1 aromatic heterocycles. The maximum atomic E-state index is 12.7. The molecule has 0 N–H and O–H groups in total. The minimum Gasteiger partial charge on any atom is -0.494 e. The Labute approximate surface area is 186 Å². The summed E-state index contributed by atoms with van der Waals surface area (Å²) in [5.41, 5.74) is 1.29. The van der Waals surface area contributed by atoms with Crippen molar-refractivity contribution in [3.8, 4) is 5.75 Å². The lowest BCUT2D eigenvalue weighted by molar-refractivity contribution is 0.0998. The Balaban J connectivity index is 1.87. The van der Waals surface area contributed by atoms with Crippen LogP contribution in [0.4, 0.5) is 0 Å². The Morgan fingerprint density at radius 3 is 2.52 bits per heavy atom. The van der Waals surface area contributed by atoms with Gasteiger partial charge in [-0.15, -0.1) is 0 Å². The number of nitrogens with zero attached hydrogens (tertiary/aromatic N) is 3. The number of unbranched alkanes of at least 4 members (excludes halogenated alkanes) is 1. The Kier molecular flexibility index (Phi) is 7.30. The molecule has 7 nitrogen and oxygen atoms in total. The number of benzene rings is 2. The lowest BCUT2D eigenvalue weighted by atomic mass is 10.2. The summed E-state index contributed by atoms with van der Waals surface area (Å²) >= 11 is 1.40. The fraction of sp³-hybridized carbons (Fsp3) is 0.364. The molecule has 31 heavy (non-hydrogen) atoms. The highest BCUT2D eigenvalue weighted by molar-refractivity contribution is 7.89. The highest BCUT2D eigenvalue weighted by Gasteiger charge is 2.20. The minimum atomic E-state index is -3.57. The van der Waals surface area contributed by atoms with Crippen LogP contribution in [0, 0.1) is 0 Å². The average Bonchev–Trinajstić information content (AvgIpc) is 3.06. The number of hydrogen-bond acceptors (Lipinski definition) is 5. The van der Waals surface area contributed by atoms with Crippen molar-refractivity contribution in [3.05, 3.63) is 52.8 Å². The van der Waals surface area contributed by atoms with E-state index in [0.29, 0.717) is 23.5 Å². The molecule has 1 amide bonds. The van der Waals surface area contributed by atoms with Crippen LogP contribution in [0.1, 0.15) is 37.0 Å². The molecule has 3 aromatic rings. The number of carbonyl (C=O) groups is 1. The van der Waals surface area contributed by atoms with Crippen LogP contribution in [0.25, 0.3) is 10.2 Å². The third kappa shape index (κ3) is 5.06. The van der Waals surface area contributed by atoms with E-state index in [2.05, 4.69) is 4.99 Å². The van der Waals surface area contributed by atoms with Gasteiger partial charge in [0.2, 0.25) is 10.0 Å². The number of rotatable bonds is 8. The molecule has 0 bridgehead atoms. The number of amides is 1. The highest BCUT2D eigenvalue weighted by Crippen LogP contribution is 2.23. The van der Waals surface area contributed by atoms with Crippen LogP contribution in [0.2, 0.25) is 0 Å². The second-order valence-corrected chi connectivity index (χ2v) is 10.2. The van der Waals surface area contributed by atoms with E-state index in [0.717, 1.165) is 28.8 Å². The van der Waals surface area contributed by atoms with Crippen molar-refractivity contribution in [2.45, 2.75) is 31.6 Å². The molecule has 0 saturated heterocycles. The van der Waals surface area contributed by atoms with Crippen LogP contribution in [0.5, 0.6) is 5.75 Å². The van der Waals surface area contributed by atoms with E-state index in [1.165, 1.54) is 39.9 Å². The van der Waals surface area contributed by atoms with Gasteiger partial charge in [0.15, 0.2) is 4.80 Å². The monoisotopic (exact) mass is 461 g/mol. The summed E-state index contributed by atoms with van der Waals surface area (Å²) in [6.07, 6.45) is 1.71. The molecule has 9 heteroatoms. The van der Waals surface area contributed by atoms with Gasteiger partial charge in [0.05, 0.1) is 21.7 Å². The lowest BCUT2D eigenvalue weighted by Gasteiger charge is -2.16. The van der Waals surface area contributed by atoms with E-state index in [1.54, 1.807) is 7.05 Å². The SMILES string of the molecule is CCCCN(C)S(=O)(=O)c1ccc(C(=O)N=c2sc3cc(OCC)ccc3n2C)cc1. The fourth-order valence-electron chi connectivity index (χ4n) is 3.08.